The molecule has 2 heteroatoms. The van der Waals surface area contributed by atoms with Crippen molar-refractivity contribution in [2.24, 2.45) is 5.73 Å². The van der Waals surface area contributed by atoms with E-state index >= 15 is 0 Å². The van der Waals surface area contributed by atoms with E-state index in [1.54, 1.807) is 11.3 Å². The summed E-state index contributed by atoms with van der Waals surface area (Å²) in [6, 6.07) is 2.06. The maximum absolute atomic E-state index is 6.03. The largest absolute Gasteiger partial charge is 0.321 e. The highest BCUT2D eigenvalue weighted by molar-refractivity contribution is 7.08. The molecule has 1 nitrogen and oxygen atoms in total. The van der Waals surface area contributed by atoms with Gasteiger partial charge in [0.1, 0.15) is 0 Å². The fourth-order valence-electron chi connectivity index (χ4n) is 1.01. The van der Waals surface area contributed by atoms with E-state index in [0.717, 1.165) is 6.42 Å². The summed E-state index contributed by atoms with van der Waals surface area (Å²) in [5.74, 6) is 0. The van der Waals surface area contributed by atoms with Gasteiger partial charge in [0.15, 0.2) is 0 Å². The number of hydrogen-bond acceptors (Lipinski definition) is 2. The molecule has 1 aromatic heterocycles. The summed E-state index contributed by atoms with van der Waals surface area (Å²) in [5, 5.41) is 4.13. The van der Waals surface area contributed by atoms with Crippen LogP contribution in [0.2, 0.25) is 0 Å². The van der Waals surface area contributed by atoms with Gasteiger partial charge in [0.25, 0.3) is 0 Å². The predicted molar refractivity (Wildman–Crippen MR) is 50.7 cm³/mol. The molecular formula is C9H13NS. The topological polar surface area (TPSA) is 26.0 Å². The number of hydrogen-bond donors (Lipinski definition) is 1. The Morgan fingerprint density at radius 3 is 3.00 bits per heavy atom. The van der Waals surface area contributed by atoms with Crippen molar-refractivity contribution in [1.82, 2.24) is 0 Å². The van der Waals surface area contributed by atoms with Crippen molar-refractivity contribution in [1.29, 1.82) is 0 Å². The van der Waals surface area contributed by atoms with Gasteiger partial charge in [-0.1, -0.05) is 6.08 Å². The lowest BCUT2D eigenvalue weighted by Gasteiger charge is -2.21. The molecule has 11 heavy (non-hydrogen) atoms. The average Bonchev–Trinajstić information content (AvgIpc) is 2.37. The molecular weight excluding hydrogens is 154 g/mol. The summed E-state index contributed by atoms with van der Waals surface area (Å²) < 4.78 is 0. The molecule has 2 N–H and O–H groups in total. The molecule has 0 fully saturated rings. The minimum absolute atomic E-state index is 0.234. The van der Waals surface area contributed by atoms with Gasteiger partial charge in [0.2, 0.25) is 0 Å². The molecule has 0 saturated heterocycles. The summed E-state index contributed by atoms with van der Waals surface area (Å²) >= 11 is 1.68. The van der Waals surface area contributed by atoms with Crippen molar-refractivity contribution in [3.8, 4) is 0 Å². The summed E-state index contributed by atoms with van der Waals surface area (Å²) in [4.78, 5) is 0. The third kappa shape index (κ3) is 1.91. The van der Waals surface area contributed by atoms with Gasteiger partial charge >= 0.3 is 0 Å². The lowest BCUT2D eigenvalue weighted by Crippen LogP contribution is -2.31. The Labute approximate surface area is 71.5 Å². The van der Waals surface area contributed by atoms with E-state index in [1.807, 2.05) is 18.4 Å². The van der Waals surface area contributed by atoms with Crippen LogP contribution in [0.4, 0.5) is 0 Å². The molecule has 0 spiro atoms. The molecule has 0 aliphatic carbocycles. The van der Waals surface area contributed by atoms with Crippen LogP contribution in [0.3, 0.4) is 0 Å². The standard InChI is InChI=1S/C9H13NS/c1-3-5-9(2,10)8-4-6-11-7-8/h3-4,6-7H,1,5,10H2,2H3. The monoisotopic (exact) mass is 167 g/mol. The number of rotatable bonds is 3. The Morgan fingerprint density at radius 2 is 2.55 bits per heavy atom. The minimum atomic E-state index is -0.234. The fourth-order valence-corrected chi connectivity index (χ4v) is 1.81. The maximum Gasteiger partial charge on any atom is 0.0424 e. The summed E-state index contributed by atoms with van der Waals surface area (Å²) in [6.07, 6.45) is 2.68. The predicted octanol–water partition coefficient (Wildman–Crippen LogP) is 2.50. The van der Waals surface area contributed by atoms with Gasteiger partial charge in [-0.15, -0.1) is 6.58 Å². The Morgan fingerprint density at radius 1 is 1.82 bits per heavy atom. The van der Waals surface area contributed by atoms with Gasteiger partial charge < -0.3 is 5.73 Å². The zero-order valence-electron chi connectivity index (χ0n) is 6.71. The van der Waals surface area contributed by atoms with Crippen LogP contribution in [0.1, 0.15) is 18.9 Å². The molecule has 0 saturated carbocycles. The van der Waals surface area contributed by atoms with Crippen molar-refractivity contribution in [2.75, 3.05) is 0 Å². The van der Waals surface area contributed by atoms with Gasteiger partial charge in [0, 0.05) is 5.54 Å². The number of thiophene rings is 1. The van der Waals surface area contributed by atoms with E-state index in [-0.39, 0.29) is 5.54 Å². The smallest absolute Gasteiger partial charge is 0.0424 e. The molecule has 1 aromatic rings. The van der Waals surface area contributed by atoms with Crippen molar-refractivity contribution < 1.29 is 0 Å². The van der Waals surface area contributed by atoms with Gasteiger partial charge in [-0.2, -0.15) is 11.3 Å². The van der Waals surface area contributed by atoms with Crippen molar-refractivity contribution >= 4 is 11.3 Å². The lowest BCUT2D eigenvalue weighted by molar-refractivity contribution is 0.504. The number of nitrogens with two attached hydrogens (primary N) is 1. The molecule has 1 rings (SSSR count). The summed E-state index contributed by atoms with van der Waals surface area (Å²) in [7, 11) is 0. The highest BCUT2D eigenvalue weighted by Crippen LogP contribution is 2.23. The van der Waals surface area contributed by atoms with Crippen molar-refractivity contribution in [2.45, 2.75) is 18.9 Å². The highest BCUT2D eigenvalue weighted by atomic mass is 32.1. The average molecular weight is 167 g/mol. The molecule has 0 aliphatic heterocycles. The second-order valence-electron chi connectivity index (χ2n) is 2.92. The Kier molecular flexibility index (Phi) is 2.47. The van der Waals surface area contributed by atoms with Crippen molar-refractivity contribution in [3.63, 3.8) is 0 Å². The Bertz CT molecular complexity index is 224. The third-order valence-corrected chi connectivity index (χ3v) is 2.43. The Balaban J connectivity index is 2.81. The van der Waals surface area contributed by atoms with Crippen LogP contribution in [0, 0.1) is 0 Å². The van der Waals surface area contributed by atoms with Crippen LogP contribution in [0.15, 0.2) is 29.5 Å². The minimum Gasteiger partial charge on any atom is -0.321 e. The van der Waals surface area contributed by atoms with E-state index in [9.17, 15) is 0 Å². The summed E-state index contributed by atoms with van der Waals surface area (Å²) in [6.45, 7) is 5.70. The normalized spacial score (nSPS) is 15.8. The molecule has 1 unspecified atom stereocenters. The van der Waals surface area contributed by atoms with Crippen LogP contribution in [-0.2, 0) is 5.54 Å². The Hall–Kier alpha value is -0.600. The molecule has 60 valence electrons. The fraction of sp³-hybridized carbons (Fsp3) is 0.333. The molecule has 0 radical (unpaired) electrons. The molecule has 0 aromatic carbocycles. The quantitative estimate of drug-likeness (QED) is 0.688. The molecule has 0 amide bonds. The molecule has 1 heterocycles. The van der Waals surface area contributed by atoms with E-state index in [0.29, 0.717) is 0 Å². The lowest BCUT2D eigenvalue weighted by atomic mass is 9.92. The van der Waals surface area contributed by atoms with Crippen molar-refractivity contribution in [3.05, 3.63) is 35.0 Å². The highest BCUT2D eigenvalue weighted by Gasteiger charge is 2.18. The molecule has 1 atom stereocenters. The maximum atomic E-state index is 6.03. The van der Waals surface area contributed by atoms with E-state index < -0.39 is 0 Å². The van der Waals surface area contributed by atoms with Gasteiger partial charge in [-0.3, -0.25) is 0 Å². The zero-order chi connectivity index (χ0) is 8.32. The summed E-state index contributed by atoms with van der Waals surface area (Å²) in [5.41, 5.74) is 6.99. The molecule has 0 aliphatic rings. The molecule has 0 bridgehead atoms. The van der Waals surface area contributed by atoms with Crippen LogP contribution in [0.25, 0.3) is 0 Å². The van der Waals surface area contributed by atoms with Gasteiger partial charge in [-0.25, -0.2) is 0 Å². The first-order valence-electron chi connectivity index (χ1n) is 3.59. The van der Waals surface area contributed by atoms with E-state index in [1.165, 1.54) is 5.56 Å². The second kappa shape index (κ2) is 3.20. The van der Waals surface area contributed by atoms with E-state index in [2.05, 4.69) is 18.0 Å². The first kappa shape index (κ1) is 8.50. The zero-order valence-corrected chi connectivity index (χ0v) is 7.53. The third-order valence-electron chi connectivity index (χ3n) is 1.75. The van der Waals surface area contributed by atoms with Crippen LogP contribution < -0.4 is 5.73 Å². The van der Waals surface area contributed by atoms with Crippen LogP contribution in [0.5, 0.6) is 0 Å². The van der Waals surface area contributed by atoms with Gasteiger partial charge in [-0.05, 0) is 35.7 Å². The van der Waals surface area contributed by atoms with Gasteiger partial charge in [0.05, 0.1) is 0 Å². The SMILES string of the molecule is C=CCC(C)(N)c1ccsc1. The first-order chi connectivity index (χ1) is 5.17. The van der Waals surface area contributed by atoms with Crippen LogP contribution >= 0.6 is 11.3 Å². The first-order valence-corrected chi connectivity index (χ1v) is 4.53. The van der Waals surface area contributed by atoms with E-state index in [4.69, 9.17) is 5.73 Å². The second-order valence-corrected chi connectivity index (χ2v) is 3.70. The van der Waals surface area contributed by atoms with Crippen LogP contribution in [-0.4, -0.2) is 0 Å².